The molecule has 3 rings (SSSR count). The van der Waals surface area contributed by atoms with Gasteiger partial charge in [0.2, 0.25) is 0 Å². The summed E-state index contributed by atoms with van der Waals surface area (Å²) < 4.78 is 6.07. The van der Waals surface area contributed by atoms with Crippen LogP contribution in [0.15, 0.2) is 0 Å². The second-order valence-corrected chi connectivity index (χ2v) is 8.20. The molecule has 2 aliphatic heterocycles. The summed E-state index contributed by atoms with van der Waals surface area (Å²) in [4.78, 5) is 2.74. The van der Waals surface area contributed by atoms with Gasteiger partial charge in [0, 0.05) is 18.7 Å². The first-order valence-electron chi connectivity index (χ1n) is 9.15. The lowest BCUT2D eigenvalue weighted by atomic mass is 9.73. The minimum Gasteiger partial charge on any atom is -0.375 e. The average molecular weight is 294 g/mol. The Kier molecular flexibility index (Phi) is 4.37. The van der Waals surface area contributed by atoms with Crippen LogP contribution < -0.4 is 5.73 Å². The first-order valence-corrected chi connectivity index (χ1v) is 9.15. The van der Waals surface area contributed by atoms with Gasteiger partial charge in [0.25, 0.3) is 0 Å². The van der Waals surface area contributed by atoms with Crippen molar-refractivity contribution in [3.8, 4) is 0 Å². The van der Waals surface area contributed by atoms with E-state index < -0.39 is 0 Å². The van der Waals surface area contributed by atoms with Crippen LogP contribution in [0.5, 0.6) is 0 Å². The van der Waals surface area contributed by atoms with Crippen molar-refractivity contribution in [2.45, 2.75) is 82.8 Å². The summed E-state index contributed by atoms with van der Waals surface area (Å²) in [6.45, 7) is 8.71. The van der Waals surface area contributed by atoms with Crippen molar-refractivity contribution in [2.75, 3.05) is 26.2 Å². The van der Waals surface area contributed by atoms with Gasteiger partial charge in [-0.05, 0) is 70.4 Å². The van der Waals surface area contributed by atoms with Gasteiger partial charge in [-0.15, -0.1) is 0 Å². The number of hydrogen-bond donors (Lipinski definition) is 1. The van der Waals surface area contributed by atoms with Crippen molar-refractivity contribution >= 4 is 0 Å². The second-order valence-electron chi connectivity index (χ2n) is 8.20. The molecule has 3 aliphatic rings. The number of nitrogens with two attached hydrogens (primary N) is 1. The van der Waals surface area contributed by atoms with E-state index in [4.69, 9.17) is 10.5 Å². The smallest absolute Gasteiger partial charge is 0.0670 e. The van der Waals surface area contributed by atoms with E-state index in [1.807, 2.05) is 0 Å². The van der Waals surface area contributed by atoms with Gasteiger partial charge in [-0.2, -0.15) is 0 Å². The Hall–Kier alpha value is -0.120. The molecule has 0 bridgehead atoms. The van der Waals surface area contributed by atoms with Gasteiger partial charge < -0.3 is 10.5 Å². The second kappa shape index (κ2) is 5.82. The maximum absolute atomic E-state index is 6.29. The van der Waals surface area contributed by atoms with Crippen LogP contribution in [0.4, 0.5) is 0 Å². The van der Waals surface area contributed by atoms with Crippen LogP contribution in [-0.4, -0.2) is 42.3 Å². The summed E-state index contributed by atoms with van der Waals surface area (Å²) in [5.74, 6) is 0. The SMILES string of the molecule is CCC1(C)CC(CN)(N2CCC3(CCCC3)CC2)CCO1. The summed E-state index contributed by atoms with van der Waals surface area (Å²) in [7, 11) is 0. The lowest BCUT2D eigenvalue weighted by Gasteiger charge is -2.54. The quantitative estimate of drug-likeness (QED) is 0.868. The van der Waals surface area contributed by atoms with Crippen molar-refractivity contribution in [1.82, 2.24) is 4.90 Å². The van der Waals surface area contributed by atoms with Crippen molar-refractivity contribution < 1.29 is 4.74 Å². The van der Waals surface area contributed by atoms with Crippen LogP contribution in [0.25, 0.3) is 0 Å². The van der Waals surface area contributed by atoms with E-state index >= 15 is 0 Å². The van der Waals surface area contributed by atoms with Crippen LogP contribution in [0, 0.1) is 5.41 Å². The first-order chi connectivity index (χ1) is 10.1. The predicted molar refractivity (Wildman–Crippen MR) is 87.4 cm³/mol. The molecule has 2 heterocycles. The number of piperidine rings is 1. The number of rotatable bonds is 3. The van der Waals surface area contributed by atoms with E-state index in [1.165, 1.54) is 51.6 Å². The van der Waals surface area contributed by atoms with Gasteiger partial charge in [-0.1, -0.05) is 19.8 Å². The zero-order valence-electron chi connectivity index (χ0n) is 14.1. The highest BCUT2D eigenvalue weighted by molar-refractivity contribution is 5.03. The highest BCUT2D eigenvalue weighted by Gasteiger charge is 2.48. The fourth-order valence-electron chi connectivity index (χ4n) is 5.20. The molecule has 0 aromatic rings. The van der Waals surface area contributed by atoms with Crippen molar-refractivity contribution in [3.05, 3.63) is 0 Å². The molecule has 1 spiro atoms. The molecule has 3 nitrogen and oxygen atoms in total. The van der Waals surface area contributed by atoms with E-state index in [9.17, 15) is 0 Å². The zero-order valence-corrected chi connectivity index (χ0v) is 14.1. The molecule has 1 saturated carbocycles. The summed E-state index contributed by atoms with van der Waals surface area (Å²) in [6.07, 6.45) is 12.0. The number of ether oxygens (including phenoxy) is 1. The fraction of sp³-hybridized carbons (Fsp3) is 1.00. The Morgan fingerprint density at radius 2 is 1.71 bits per heavy atom. The molecule has 2 atom stereocenters. The molecule has 3 fully saturated rings. The molecule has 2 saturated heterocycles. The molecule has 0 aromatic heterocycles. The standard InChI is InChI=1S/C18H34N2O/c1-3-16(2)14-18(15-19,10-13-21-16)20-11-8-17(9-12-20)6-4-5-7-17/h3-15,19H2,1-2H3. The number of nitrogens with zero attached hydrogens (tertiary/aromatic N) is 1. The van der Waals surface area contributed by atoms with E-state index in [2.05, 4.69) is 18.7 Å². The van der Waals surface area contributed by atoms with Gasteiger partial charge in [-0.25, -0.2) is 0 Å². The minimum absolute atomic E-state index is 0.0279. The average Bonchev–Trinajstić information content (AvgIpc) is 2.96. The molecule has 3 heteroatoms. The lowest BCUT2D eigenvalue weighted by molar-refractivity contribution is -0.136. The molecular formula is C18H34N2O. The summed E-state index contributed by atoms with van der Waals surface area (Å²) >= 11 is 0. The molecule has 1 aliphatic carbocycles. The minimum atomic E-state index is 0.0279. The van der Waals surface area contributed by atoms with Crippen molar-refractivity contribution in [1.29, 1.82) is 0 Å². The first kappa shape index (κ1) is 15.8. The van der Waals surface area contributed by atoms with Gasteiger partial charge in [0.1, 0.15) is 0 Å². The Morgan fingerprint density at radius 3 is 2.29 bits per heavy atom. The molecular weight excluding hydrogens is 260 g/mol. The number of likely N-dealkylation sites (tertiary alicyclic amines) is 1. The fourth-order valence-corrected chi connectivity index (χ4v) is 5.20. The van der Waals surface area contributed by atoms with E-state index in [-0.39, 0.29) is 11.1 Å². The Bertz CT molecular complexity index is 356. The number of hydrogen-bond acceptors (Lipinski definition) is 3. The Labute approximate surface area is 130 Å². The molecule has 122 valence electrons. The van der Waals surface area contributed by atoms with E-state index in [1.54, 1.807) is 0 Å². The van der Waals surface area contributed by atoms with Gasteiger partial charge in [-0.3, -0.25) is 4.90 Å². The third-order valence-electron chi connectivity index (χ3n) is 7.01. The largest absolute Gasteiger partial charge is 0.375 e. The van der Waals surface area contributed by atoms with Crippen LogP contribution in [0.2, 0.25) is 0 Å². The molecule has 2 N–H and O–H groups in total. The van der Waals surface area contributed by atoms with Crippen LogP contribution in [-0.2, 0) is 4.74 Å². The van der Waals surface area contributed by atoms with Gasteiger partial charge in [0.05, 0.1) is 5.60 Å². The maximum atomic E-state index is 6.29. The molecule has 2 unspecified atom stereocenters. The summed E-state index contributed by atoms with van der Waals surface area (Å²) in [6, 6.07) is 0. The van der Waals surface area contributed by atoms with Gasteiger partial charge in [0.15, 0.2) is 0 Å². The monoisotopic (exact) mass is 294 g/mol. The van der Waals surface area contributed by atoms with Gasteiger partial charge >= 0.3 is 0 Å². The van der Waals surface area contributed by atoms with Crippen molar-refractivity contribution in [3.63, 3.8) is 0 Å². The highest BCUT2D eigenvalue weighted by atomic mass is 16.5. The van der Waals surface area contributed by atoms with E-state index in [0.717, 1.165) is 32.4 Å². The molecule has 0 radical (unpaired) electrons. The molecule has 0 amide bonds. The van der Waals surface area contributed by atoms with Crippen LogP contribution in [0.3, 0.4) is 0 Å². The summed E-state index contributed by atoms with van der Waals surface area (Å²) in [5.41, 5.74) is 7.22. The molecule has 0 aromatic carbocycles. The predicted octanol–water partition coefficient (Wildman–Crippen LogP) is 3.32. The van der Waals surface area contributed by atoms with Crippen LogP contribution in [0.1, 0.15) is 71.6 Å². The summed E-state index contributed by atoms with van der Waals surface area (Å²) in [5, 5.41) is 0. The molecule has 21 heavy (non-hydrogen) atoms. The Morgan fingerprint density at radius 1 is 1.05 bits per heavy atom. The third-order valence-corrected chi connectivity index (χ3v) is 7.01. The topological polar surface area (TPSA) is 38.5 Å². The third kappa shape index (κ3) is 2.89. The van der Waals surface area contributed by atoms with E-state index in [0.29, 0.717) is 5.41 Å². The highest BCUT2D eigenvalue weighted by Crippen LogP contribution is 2.48. The maximum Gasteiger partial charge on any atom is 0.0670 e. The zero-order chi connectivity index (χ0) is 15.0. The van der Waals surface area contributed by atoms with Crippen LogP contribution >= 0.6 is 0 Å². The van der Waals surface area contributed by atoms with Crippen molar-refractivity contribution in [2.24, 2.45) is 11.1 Å². The Balaban J connectivity index is 1.69. The lowest BCUT2D eigenvalue weighted by Crippen LogP contribution is -2.63. The normalized spacial score (nSPS) is 40.7.